The summed E-state index contributed by atoms with van der Waals surface area (Å²) in [5.74, 6) is -0.116. The molecule has 1 aliphatic heterocycles. The Hall–Kier alpha value is -1.33. The standard InChI is InChI=1S/C15H20ClFN2O2/c1-10(12-5-6-21-9-12)18-15(20)19(2)8-11-3-4-13(16)14(17)7-11/h3-4,7,10,12H,5-6,8-9H2,1-2H3,(H,18,20)/t10-,12+/m0/s1. The molecule has 4 nitrogen and oxygen atoms in total. The molecule has 0 spiro atoms. The molecular weight excluding hydrogens is 295 g/mol. The Balaban J connectivity index is 1.88. The second-order valence-electron chi connectivity index (χ2n) is 5.47. The monoisotopic (exact) mass is 314 g/mol. The third-order valence-electron chi connectivity index (χ3n) is 3.77. The highest BCUT2D eigenvalue weighted by atomic mass is 35.5. The number of ether oxygens (including phenoxy) is 1. The molecule has 1 N–H and O–H groups in total. The summed E-state index contributed by atoms with van der Waals surface area (Å²) in [5.41, 5.74) is 0.700. The van der Waals surface area contributed by atoms with Gasteiger partial charge >= 0.3 is 6.03 Å². The highest BCUT2D eigenvalue weighted by Crippen LogP contribution is 2.18. The van der Waals surface area contributed by atoms with Gasteiger partial charge in [0.2, 0.25) is 0 Å². The lowest BCUT2D eigenvalue weighted by Crippen LogP contribution is -2.44. The molecule has 1 fully saturated rings. The van der Waals surface area contributed by atoms with Crippen molar-refractivity contribution >= 4 is 17.6 Å². The molecule has 2 rings (SSSR count). The summed E-state index contributed by atoms with van der Waals surface area (Å²) in [4.78, 5) is 13.6. The Morgan fingerprint density at radius 1 is 1.62 bits per heavy atom. The normalized spacial score (nSPS) is 19.3. The molecule has 1 aromatic rings. The largest absolute Gasteiger partial charge is 0.381 e. The van der Waals surface area contributed by atoms with Crippen LogP contribution in [0.4, 0.5) is 9.18 Å². The Kier molecular flexibility index (Phi) is 5.42. The van der Waals surface area contributed by atoms with E-state index >= 15 is 0 Å². The van der Waals surface area contributed by atoms with Crippen LogP contribution in [0.1, 0.15) is 18.9 Å². The number of nitrogens with one attached hydrogen (secondary N) is 1. The quantitative estimate of drug-likeness (QED) is 0.928. The lowest BCUT2D eigenvalue weighted by Gasteiger charge is -2.24. The Morgan fingerprint density at radius 3 is 3.00 bits per heavy atom. The number of carbonyl (C=O) groups excluding carboxylic acids is 1. The fourth-order valence-electron chi connectivity index (χ4n) is 2.35. The van der Waals surface area contributed by atoms with E-state index in [9.17, 15) is 9.18 Å². The first-order valence-electron chi connectivity index (χ1n) is 7.00. The summed E-state index contributed by atoms with van der Waals surface area (Å²) in [6.45, 7) is 3.75. The van der Waals surface area contributed by atoms with Gasteiger partial charge in [0.25, 0.3) is 0 Å². The summed E-state index contributed by atoms with van der Waals surface area (Å²) >= 11 is 5.64. The number of urea groups is 1. The molecule has 0 aliphatic carbocycles. The number of nitrogens with zero attached hydrogens (tertiary/aromatic N) is 1. The third kappa shape index (κ3) is 4.32. The molecule has 0 bridgehead atoms. The Bertz CT molecular complexity index is 506. The lowest BCUT2D eigenvalue weighted by atomic mass is 10.0. The average molecular weight is 315 g/mol. The zero-order valence-corrected chi connectivity index (χ0v) is 13.0. The number of amides is 2. The maximum Gasteiger partial charge on any atom is 0.317 e. The van der Waals surface area contributed by atoms with Crippen molar-refractivity contribution in [2.24, 2.45) is 5.92 Å². The van der Waals surface area contributed by atoms with Gasteiger partial charge in [-0.3, -0.25) is 0 Å². The number of hydrogen-bond donors (Lipinski definition) is 1. The SMILES string of the molecule is C[C@H](NC(=O)N(C)Cc1ccc(Cl)c(F)c1)[C@@H]1CCOC1. The van der Waals surface area contributed by atoms with Gasteiger partial charge in [-0.2, -0.15) is 0 Å². The van der Waals surface area contributed by atoms with Crippen molar-refractivity contribution in [2.75, 3.05) is 20.3 Å². The summed E-state index contributed by atoms with van der Waals surface area (Å²) in [5, 5.41) is 3.04. The van der Waals surface area contributed by atoms with Crippen molar-refractivity contribution in [3.8, 4) is 0 Å². The maximum atomic E-state index is 13.4. The van der Waals surface area contributed by atoms with Crippen molar-refractivity contribution in [1.82, 2.24) is 10.2 Å². The highest BCUT2D eigenvalue weighted by Gasteiger charge is 2.24. The summed E-state index contributed by atoms with van der Waals surface area (Å²) in [6.07, 6.45) is 0.966. The molecule has 1 saturated heterocycles. The Labute approximate surface area is 129 Å². The van der Waals surface area contributed by atoms with Crippen molar-refractivity contribution in [3.63, 3.8) is 0 Å². The first-order valence-corrected chi connectivity index (χ1v) is 7.38. The van der Waals surface area contributed by atoms with Gasteiger partial charge in [-0.1, -0.05) is 17.7 Å². The molecule has 116 valence electrons. The second kappa shape index (κ2) is 7.09. The van der Waals surface area contributed by atoms with E-state index in [1.54, 1.807) is 13.1 Å². The van der Waals surface area contributed by atoms with Crippen LogP contribution in [0.3, 0.4) is 0 Å². The second-order valence-corrected chi connectivity index (χ2v) is 5.87. The fraction of sp³-hybridized carbons (Fsp3) is 0.533. The third-order valence-corrected chi connectivity index (χ3v) is 4.08. The first-order chi connectivity index (χ1) is 9.97. The van der Waals surface area contributed by atoms with Crippen LogP contribution in [0.2, 0.25) is 5.02 Å². The number of carbonyl (C=O) groups is 1. The van der Waals surface area contributed by atoms with Gasteiger partial charge in [-0.05, 0) is 31.0 Å². The number of benzene rings is 1. The molecule has 1 heterocycles. The van der Waals surface area contributed by atoms with Gasteiger partial charge in [0.1, 0.15) is 5.82 Å². The minimum atomic E-state index is -0.473. The zero-order valence-electron chi connectivity index (χ0n) is 12.2. The van der Waals surface area contributed by atoms with Crippen LogP contribution in [-0.2, 0) is 11.3 Å². The molecule has 0 saturated carbocycles. The molecule has 0 aromatic heterocycles. The number of rotatable bonds is 4. The smallest absolute Gasteiger partial charge is 0.317 e. The molecule has 0 radical (unpaired) electrons. The molecular formula is C15H20ClFN2O2. The molecule has 1 aliphatic rings. The van der Waals surface area contributed by atoms with Gasteiger partial charge in [-0.15, -0.1) is 0 Å². The summed E-state index contributed by atoms with van der Waals surface area (Å²) in [6, 6.07) is 4.44. The predicted molar refractivity (Wildman–Crippen MR) is 79.8 cm³/mol. The van der Waals surface area contributed by atoms with E-state index < -0.39 is 5.82 Å². The number of hydrogen-bond acceptors (Lipinski definition) is 2. The van der Waals surface area contributed by atoms with Crippen LogP contribution in [0.15, 0.2) is 18.2 Å². The van der Waals surface area contributed by atoms with Gasteiger partial charge in [0.05, 0.1) is 11.6 Å². The minimum Gasteiger partial charge on any atom is -0.381 e. The lowest BCUT2D eigenvalue weighted by molar-refractivity contribution is 0.173. The van der Waals surface area contributed by atoms with Gasteiger partial charge < -0.3 is 15.0 Å². The van der Waals surface area contributed by atoms with E-state index in [2.05, 4.69) is 5.32 Å². The van der Waals surface area contributed by atoms with E-state index in [0.29, 0.717) is 24.6 Å². The van der Waals surface area contributed by atoms with E-state index in [-0.39, 0.29) is 17.1 Å². The van der Waals surface area contributed by atoms with Crippen LogP contribution in [0.5, 0.6) is 0 Å². The van der Waals surface area contributed by atoms with Crippen molar-refractivity contribution in [1.29, 1.82) is 0 Å². The fourth-order valence-corrected chi connectivity index (χ4v) is 2.47. The van der Waals surface area contributed by atoms with E-state index in [0.717, 1.165) is 13.0 Å². The van der Waals surface area contributed by atoms with Crippen molar-refractivity contribution in [3.05, 3.63) is 34.6 Å². The van der Waals surface area contributed by atoms with Gasteiger partial charge in [0, 0.05) is 32.2 Å². The molecule has 21 heavy (non-hydrogen) atoms. The summed E-state index contributed by atoms with van der Waals surface area (Å²) < 4.78 is 18.7. The molecule has 2 atom stereocenters. The summed E-state index contributed by atoms with van der Waals surface area (Å²) in [7, 11) is 1.68. The topological polar surface area (TPSA) is 41.6 Å². The van der Waals surface area contributed by atoms with Gasteiger partial charge in [-0.25, -0.2) is 9.18 Å². The highest BCUT2D eigenvalue weighted by molar-refractivity contribution is 6.30. The number of halogens is 2. The van der Waals surface area contributed by atoms with Crippen LogP contribution in [0.25, 0.3) is 0 Å². The van der Waals surface area contributed by atoms with E-state index in [1.165, 1.54) is 17.0 Å². The van der Waals surface area contributed by atoms with Crippen LogP contribution < -0.4 is 5.32 Å². The molecule has 1 aromatic carbocycles. The molecule has 2 amide bonds. The molecule has 6 heteroatoms. The van der Waals surface area contributed by atoms with Crippen LogP contribution in [-0.4, -0.2) is 37.2 Å². The minimum absolute atomic E-state index is 0.0596. The van der Waals surface area contributed by atoms with Crippen LogP contribution in [0, 0.1) is 11.7 Å². The van der Waals surface area contributed by atoms with Crippen LogP contribution >= 0.6 is 11.6 Å². The first kappa shape index (κ1) is 16.0. The van der Waals surface area contributed by atoms with E-state index in [4.69, 9.17) is 16.3 Å². The maximum absolute atomic E-state index is 13.4. The van der Waals surface area contributed by atoms with Crippen molar-refractivity contribution < 1.29 is 13.9 Å². The van der Waals surface area contributed by atoms with E-state index in [1.807, 2.05) is 6.92 Å². The Morgan fingerprint density at radius 2 is 2.38 bits per heavy atom. The molecule has 0 unspecified atom stereocenters. The van der Waals surface area contributed by atoms with Crippen molar-refractivity contribution in [2.45, 2.75) is 25.9 Å². The zero-order chi connectivity index (χ0) is 15.4. The average Bonchev–Trinajstić information content (AvgIpc) is 2.97. The predicted octanol–water partition coefficient (Wildman–Crippen LogP) is 3.05. The van der Waals surface area contributed by atoms with Gasteiger partial charge in [0.15, 0.2) is 0 Å².